The first-order valence-electron chi connectivity index (χ1n) is 9.55. The van der Waals surface area contributed by atoms with E-state index in [1.54, 1.807) is 12.1 Å². The van der Waals surface area contributed by atoms with E-state index >= 15 is 0 Å². The summed E-state index contributed by atoms with van der Waals surface area (Å²) in [5.74, 6) is 0.414. The number of rotatable bonds is 3. The molecule has 0 unspecified atom stereocenters. The number of piperazine rings is 1. The van der Waals surface area contributed by atoms with Crippen molar-refractivity contribution in [2.24, 2.45) is 0 Å². The Kier molecular flexibility index (Phi) is 4.66. The molecule has 3 aromatic rings. The summed E-state index contributed by atoms with van der Waals surface area (Å²) in [6.07, 6.45) is 0. The molecule has 1 aromatic carbocycles. The molecule has 1 fully saturated rings. The number of carbonyl (C=O) groups excluding carboxylic acids is 1. The SMILES string of the molecule is Cc1noc2nc(C(C)C)cc(C(=O)N3CCN(c4ccccc4O)CC3)c12. The Morgan fingerprint density at radius 3 is 2.57 bits per heavy atom. The molecule has 0 aliphatic carbocycles. The van der Waals surface area contributed by atoms with E-state index in [-0.39, 0.29) is 17.6 Å². The van der Waals surface area contributed by atoms with Gasteiger partial charge in [0.2, 0.25) is 0 Å². The van der Waals surface area contributed by atoms with E-state index in [0.29, 0.717) is 48.5 Å². The molecule has 2 aromatic heterocycles. The lowest BCUT2D eigenvalue weighted by atomic mass is 10.0. The third kappa shape index (κ3) is 3.17. The molecule has 0 bridgehead atoms. The summed E-state index contributed by atoms with van der Waals surface area (Å²) >= 11 is 0. The molecule has 146 valence electrons. The summed E-state index contributed by atoms with van der Waals surface area (Å²) in [6, 6.07) is 9.16. The number of para-hydroxylation sites is 2. The Morgan fingerprint density at radius 1 is 1.18 bits per heavy atom. The van der Waals surface area contributed by atoms with Crippen LogP contribution >= 0.6 is 0 Å². The molecule has 3 heterocycles. The highest BCUT2D eigenvalue weighted by molar-refractivity contribution is 6.06. The van der Waals surface area contributed by atoms with Gasteiger partial charge in [0.05, 0.1) is 22.3 Å². The van der Waals surface area contributed by atoms with Gasteiger partial charge in [0, 0.05) is 31.9 Å². The fourth-order valence-corrected chi connectivity index (χ4v) is 3.63. The summed E-state index contributed by atoms with van der Waals surface area (Å²) < 4.78 is 5.34. The number of phenols is 1. The Balaban J connectivity index is 1.59. The highest BCUT2D eigenvalue weighted by atomic mass is 16.5. The standard InChI is InChI=1S/C21H24N4O3/c1-13(2)16-12-15(19-14(3)23-28-20(19)22-16)21(27)25-10-8-24(9-11-25)17-6-4-5-7-18(17)26/h4-7,12-13,26H,8-11H2,1-3H3. The van der Waals surface area contributed by atoms with Gasteiger partial charge in [-0.2, -0.15) is 0 Å². The predicted molar refractivity (Wildman–Crippen MR) is 107 cm³/mol. The first-order chi connectivity index (χ1) is 13.5. The molecule has 0 radical (unpaired) electrons. The lowest BCUT2D eigenvalue weighted by Gasteiger charge is -2.36. The van der Waals surface area contributed by atoms with Crippen molar-refractivity contribution in [1.82, 2.24) is 15.0 Å². The van der Waals surface area contributed by atoms with Crippen LogP contribution in [0.15, 0.2) is 34.9 Å². The van der Waals surface area contributed by atoms with Gasteiger partial charge >= 0.3 is 0 Å². The molecule has 7 nitrogen and oxygen atoms in total. The number of hydrogen-bond donors (Lipinski definition) is 1. The number of nitrogens with zero attached hydrogens (tertiary/aromatic N) is 4. The number of aromatic hydroxyl groups is 1. The van der Waals surface area contributed by atoms with Gasteiger partial charge in [0.25, 0.3) is 11.6 Å². The Labute approximate surface area is 163 Å². The van der Waals surface area contributed by atoms with Gasteiger partial charge in [0.1, 0.15) is 5.75 Å². The number of benzene rings is 1. The Hall–Kier alpha value is -3.09. The highest BCUT2D eigenvalue weighted by Gasteiger charge is 2.27. The molecular formula is C21H24N4O3. The minimum absolute atomic E-state index is 0.0301. The smallest absolute Gasteiger partial charge is 0.259 e. The van der Waals surface area contributed by atoms with Crippen LogP contribution in [0.4, 0.5) is 5.69 Å². The zero-order chi connectivity index (χ0) is 19.8. The molecule has 1 saturated heterocycles. The van der Waals surface area contributed by atoms with Gasteiger partial charge in [-0.15, -0.1) is 0 Å². The first-order valence-corrected chi connectivity index (χ1v) is 9.55. The van der Waals surface area contributed by atoms with Crippen LogP contribution in [0.25, 0.3) is 11.1 Å². The molecule has 0 spiro atoms. The number of hydrogen-bond acceptors (Lipinski definition) is 6. The average molecular weight is 380 g/mol. The molecule has 7 heteroatoms. The maximum atomic E-state index is 13.3. The zero-order valence-corrected chi connectivity index (χ0v) is 16.3. The van der Waals surface area contributed by atoms with Gasteiger partial charge in [-0.25, -0.2) is 4.98 Å². The first kappa shape index (κ1) is 18.3. The van der Waals surface area contributed by atoms with E-state index in [4.69, 9.17) is 4.52 Å². The maximum Gasteiger partial charge on any atom is 0.259 e. The van der Waals surface area contributed by atoms with Gasteiger partial charge in [0.15, 0.2) is 0 Å². The molecule has 1 N–H and O–H groups in total. The molecule has 4 rings (SSSR count). The van der Waals surface area contributed by atoms with Crippen LogP contribution in [0, 0.1) is 6.92 Å². The van der Waals surface area contributed by atoms with Crippen LogP contribution in [0.1, 0.15) is 41.5 Å². The second-order valence-electron chi connectivity index (χ2n) is 7.47. The van der Waals surface area contributed by atoms with Crippen LogP contribution in [0.3, 0.4) is 0 Å². The summed E-state index contributed by atoms with van der Waals surface area (Å²) in [6.45, 7) is 8.40. The summed E-state index contributed by atoms with van der Waals surface area (Å²) in [7, 11) is 0. The van der Waals surface area contributed by atoms with E-state index in [2.05, 4.69) is 15.0 Å². The van der Waals surface area contributed by atoms with Crippen molar-refractivity contribution in [2.75, 3.05) is 31.1 Å². The normalized spacial score (nSPS) is 14.9. The lowest BCUT2D eigenvalue weighted by Crippen LogP contribution is -2.48. The number of phenolic OH excluding ortho intramolecular Hbond substituents is 1. The van der Waals surface area contributed by atoms with Crippen LogP contribution < -0.4 is 4.90 Å². The maximum absolute atomic E-state index is 13.3. The molecule has 1 aliphatic heterocycles. The number of aromatic nitrogens is 2. The number of anilines is 1. The van der Waals surface area contributed by atoms with Crippen LogP contribution in [-0.4, -0.2) is 52.2 Å². The molecule has 0 atom stereocenters. The van der Waals surface area contributed by atoms with Gasteiger partial charge < -0.3 is 19.4 Å². The minimum Gasteiger partial charge on any atom is -0.506 e. The van der Waals surface area contributed by atoms with Crippen molar-refractivity contribution < 1.29 is 14.4 Å². The van der Waals surface area contributed by atoms with Crippen molar-refractivity contribution in [3.63, 3.8) is 0 Å². The van der Waals surface area contributed by atoms with E-state index in [1.165, 1.54) is 0 Å². The van der Waals surface area contributed by atoms with Gasteiger partial charge in [-0.05, 0) is 31.0 Å². The zero-order valence-electron chi connectivity index (χ0n) is 16.3. The molecule has 1 amide bonds. The largest absolute Gasteiger partial charge is 0.506 e. The molecule has 1 aliphatic rings. The number of pyridine rings is 1. The van der Waals surface area contributed by atoms with Crippen molar-refractivity contribution in [3.05, 3.63) is 47.3 Å². The summed E-state index contributed by atoms with van der Waals surface area (Å²) in [4.78, 5) is 21.8. The molecule has 28 heavy (non-hydrogen) atoms. The van der Waals surface area contributed by atoms with Crippen molar-refractivity contribution >= 4 is 22.7 Å². The predicted octanol–water partition coefficient (Wildman–Crippen LogP) is 3.32. The van der Waals surface area contributed by atoms with Crippen molar-refractivity contribution in [2.45, 2.75) is 26.7 Å². The number of amides is 1. The summed E-state index contributed by atoms with van der Waals surface area (Å²) in [5, 5.41) is 14.8. The van der Waals surface area contributed by atoms with E-state index in [1.807, 2.05) is 43.9 Å². The third-order valence-corrected chi connectivity index (χ3v) is 5.25. The summed E-state index contributed by atoms with van der Waals surface area (Å²) in [5.41, 5.74) is 3.31. The fourth-order valence-electron chi connectivity index (χ4n) is 3.63. The monoisotopic (exact) mass is 380 g/mol. The second kappa shape index (κ2) is 7.14. The molecular weight excluding hydrogens is 356 g/mol. The van der Waals surface area contributed by atoms with Gasteiger partial charge in [-0.1, -0.05) is 31.1 Å². The highest BCUT2D eigenvalue weighted by Crippen LogP contribution is 2.29. The topological polar surface area (TPSA) is 82.7 Å². The van der Waals surface area contributed by atoms with Crippen molar-refractivity contribution in [1.29, 1.82) is 0 Å². The fraction of sp³-hybridized carbons (Fsp3) is 0.381. The quantitative estimate of drug-likeness (QED) is 0.751. The second-order valence-corrected chi connectivity index (χ2v) is 7.47. The lowest BCUT2D eigenvalue weighted by molar-refractivity contribution is 0.0748. The number of carbonyl (C=O) groups is 1. The van der Waals surface area contributed by atoms with Gasteiger partial charge in [-0.3, -0.25) is 4.79 Å². The minimum atomic E-state index is -0.0301. The van der Waals surface area contributed by atoms with Crippen molar-refractivity contribution in [3.8, 4) is 5.75 Å². The van der Waals surface area contributed by atoms with Crippen LogP contribution in [0.2, 0.25) is 0 Å². The van der Waals surface area contributed by atoms with E-state index in [0.717, 1.165) is 11.4 Å². The average Bonchev–Trinajstić information content (AvgIpc) is 3.08. The van der Waals surface area contributed by atoms with E-state index in [9.17, 15) is 9.90 Å². The number of fused-ring (bicyclic) bond motifs is 1. The Bertz CT molecular complexity index is 1020. The number of aryl methyl sites for hydroxylation is 1. The Morgan fingerprint density at radius 2 is 1.89 bits per heavy atom. The van der Waals surface area contributed by atoms with Crippen LogP contribution in [-0.2, 0) is 0 Å². The van der Waals surface area contributed by atoms with E-state index < -0.39 is 0 Å². The third-order valence-electron chi connectivity index (χ3n) is 5.25. The molecule has 0 saturated carbocycles. The van der Waals surface area contributed by atoms with Crippen LogP contribution in [0.5, 0.6) is 5.75 Å².